The molecule has 1 unspecified atom stereocenters. The summed E-state index contributed by atoms with van der Waals surface area (Å²) in [4.78, 5) is 0. The van der Waals surface area contributed by atoms with Crippen molar-refractivity contribution in [3.05, 3.63) is 34.9 Å². The summed E-state index contributed by atoms with van der Waals surface area (Å²) in [5.74, 6) is 0. The molecule has 0 saturated heterocycles. The molecular weight excluding hydrogens is 172 g/mol. The number of hydrogen-bond acceptors (Lipinski definition) is 2. The molecule has 3 heteroatoms. The van der Waals surface area contributed by atoms with Crippen LogP contribution in [0.15, 0.2) is 24.3 Å². The van der Waals surface area contributed by atoms with Gasteiger partial charge in [-0.05, 0) is 24.7 Å². The van der Waals surface area contributed by atoms with E-state index in [4.69, 9.17) is 17.3 Å². The van der Waals surface area contributed by atoms with E-state index in [-0.39, 0.29) is 6.04 Å². The molecule has 1 rings (SSSR count). The molecule has 0 bridgehead atoms. The molecule has 12 heavy (non-hydrogen) atoms. The standard InChI is InChI=1S/C9H13ClN2/c1-12-9(6-11)7-3-2-4-8(10)5-7/h2-5,9,12H,6,11H2,1H3. The van der Waals surface area contributed by atoms with Gasteiger partial charge >= 0.3 is 0 Å². The highest BCUT2D eigenvalue weighted by molar-refractivity contribution is 6.30. The SMILES string of the molecule is CNC(CN)c1cccc(Cl)c1. The van der Waals surface area contributed by atoms with Gasteiger partial charge in [0.05, 0.1) is 0 Å². The van der Waals surface area contributed by atoms with Gasteiger partial charge in [-0.25, -0.2) is 0 Å². The zero-order valence-corrected chi connectivity index (χ0v) is 7.81. The van der Waals surface area contributed by atoms with E-state index in [9.17, 15) is 0 Å². The third kappa shape index (κ3) is 2.21. The molecule has 0 fully saturated rings. The van der Waals surface area contributed by atoms with Crippen molar-refractivity contribution in [1.29, 1.82) is 0 Å². The number of halogens is 1. The van der Waals surface area contributed by atoms with E-state index in [0.29, 0.717) is 6.54 Å². The lowest BCUT2D eigenvalue weighted by molar-refractivity contribution is 0.606. The molecule has 1 aromatic rings. The summed E-state index contributed by atoms with van der Waals surface area (Å²) in [5, 5.41) is 3.86. The first-order chi connectivity index (χ1) is 5.77. The fourth-order valence-corrected chi connectivity index (χ4v) is 1.34. The number of nitrogens with one attached hydrogen (secondary N) is 1. The molecule has 0 aliphatic heterocycles. The number of rotatable bonds is 3. The Balaban J connectivity index is 2.85. The molecular formula is C9H13ClN2. The van der Waals surface area contributed by atoms with Crippen molar-refractivity contribution in [2.75, 3.05) is 13.6 Å². The van der Waals surface area contributed by atoms with Crippen molar-refractivity contribution in [1.82, 2.24) is 5.32 Å². The van der Waals surface area contributed by atoms with Crippen LogP contribution >= 0.6 is 11.6 Å². The monoisotopic (exact) mass is 184 g/mol. The first kappa shape index (κ1) is 9.52. The van der Waals surface area contributed by atoms with Crippen molar-refractivity contribution >= 4 is 11.6 Å². The molecule has 1 aromatic carbocycles. The van der Waals surface area contributed by atoms with Crippen LogP contribution < -0.4 is 11.1 Å². The minimum absolute atomic E-state index is 0.198. The Hall–Kier alpha value is -0.570. The van der Waals surface area contributed by atoms with Gasteiger partial charge in [-0.15, -0.1) is 0 Å². The Morgan fingerprint density at radius 1 is 1.58 bits per heavy atom. The van der Waals surface area contributed by atoms with E-state index in [2.05, 4.69) is 5.32 Å². The summed E-state index contributed by atoms with van der Waals surface area (Å²) < 4.78 is 0. The zero-order valence-electron chi connectivity index (χ0n) is 7.05. The fraction of sp³-hybridized carbons (Fsp3) is 0.333. The lowest BCUT2D eigenvalue weighted by atomic mass is 10.1. The molecule has 0 aromatic heterocycles. The minimum atomic E-state index is 0.198. The van der Waals surface area contributed by atoms with E-state index >= 15 is 0 Å². The summed E-state index contributed by atoms with van der Waals surface area (Å²) in [6.45, 7) is 0.580. The normalized spacial score (nSPS) is 12.9. The largest absolute Gasteiger partial charge is 0.329 e. The van der Waals surface area contributed by atoms with E-state index in [1.54, 1.807) is 0 Å². The Morgan fingerprint density at radius 2 is 2.33 bits per heavy atom. The van der Waals surface area contributed by atoms with Crippen LogP contribution in [0.1, 0.15) is 11.6 Å². The van der Waals surface area contributed by atoms with Crippen molar-refractivity contribution in [2.45, 2.75) is 6.04 Å². The van der Waals surface area contributed by atoms with Crippen LogP contribution in [0.2, 0.25) is 5.02 Å². The Kier molecular flexibility index (Phi) is 3.53. The van der Waals surface area contributed by atoms with Crippen LogP contribution in [0.5, 0.6) is 0 Å². The molecule has 0 aliphatic carbocycles. The number of hydrogen-bond donors (Lipinski definition) is 2. The molecule has 2 nitrogen and oxygen atoms in total. The van der Waals surface area contributed by atoms with Crippen LogP contribution in [-0.4, -0.2) is 13.6 Å². The number of nitrogens with two attached hydrogens (primary N) is 1. The van der Waals surface area contributed by atoms with Crippen LogP contribution in [0.25, 0.3) is 0 Å². The molecule has 0 aliphatic rings. The highest BCUT2D eigenvalue weighted by Gasteiger charge is 2.05. The first-order valence-electron chi connectivity index (χ1n) is 3.90. The van der Waals surface area contributed by atoms with Crippen molar-refractivity contribution in [3.63, 3.8) is 0 Å². The molecule has 66 valence electrons. The van der Waals surface area contributed by atoms with E-state index in [1.165, 1.54) is 0 Å². The maximum absolute atomic E-state index is 5.83. The van der Waals surface area contributed by atoms with Gasteiger partial charge in [0.2, 0.25) is 0 Å². The minimum Gasteiger partial charge on any atom is -0.329 e. The lowest BCUT2D eigenvalue weighted by Crippen LogP contribution is -2.24. The van der Waals surface area contributed by atoms with Gasteiger partial charge in [0.15, 0.2) is 0 Å². The van der Waals surface area contributed by atoms with Gasteiger partial charge in [0, 0.05) is 17.6 Å². The number of likely N-dealkylation sites (N-methyl/N-ethyl adjacent to an activating group) is 1. The molecule has 3 N–H and O–H groups in total. The van der Waals surface area contributed by atoms with Gasteiger partial charge in [-0.2, -0.15) is 0 Å². The van der Waals surface area contributed by atoms with Crippen LogP contribution in [0, 0.1) is 0 Å². The Morgan fingerprint density at radius 3 is 2.83 bits per heavy atom. The van der Waals surface area contributed by atoms with Gasteiger partial charge in [0.25, 0.3) is 0 Å². The quantitative estimate of drug-likeness (QED) is 0.749. The highest BCUT2D eigenvalue weighted by atomic mass is 35.5. The molecule has 0 spiro atoms. The van der Waals surface area contributed by atoms with Crippen molar-refractivity contribution < 1.29 is 0 Å². The fourth-order valence-electron chi connectivity index (χ4n) is 1.14. The second kappa shape index (κ2) is 4.45. The molecule has 1 atom stereocenters. The van der Waals surface area contributed by atoms with Crippen LogP contribution in [0.3, 0.4) is 0 Å². The molecule has 0 amide bonds. The predicted octanol–water partition coefficient (Wildman–Crippen LogP) is 1.56. The van der Waals surface area contributed by atoms with Gasteiger partial charge < -0.3 is 11.1 Å². The number of benzene rings is 1. The van der Waals surface area contributed by atoms with Crippen LogP contribution in [-0.2, 0) is 0 Å². The second-order valence-corrected chi connectivity index (χ2v) is 3.07. The smallest absolute Gasteiger partial charge is 0.0442 e. The topological polar surface area (TPSA) is 38.0 Å². The van der Waals surface area contributed by atoms with E-state index < -0.39 is 0 Å². The lowest BCUT2D eigenvalue weighted by Gasteiger charge is -2.13. The van der Waals surface area contributed by atoms with Crippen molar-refractivity contribution in [3.8, 4) is 0 Å². The Labute approximate surface area is 77.7 Å². The maximum atomic E-state index is 5.83. The highest BCUT2D eigenvalue weighted by Crippen LogP contribution is 2.16. The summed E-state index contributed by atoms with van der Waals surface area (Å²) in [5.41, 5.74) is 6.69. The van der Waals surface area contributed by atoms with Crippen molar-refractivity contribution in [2.24, 2.45) is 5.73 Å². The maximum Gasteiger partial charge on any atom is 0.0442 e. The third-order valence-corrected chi connectivity index (χ3v) is 2.07. The summed E-state index contributed by atoms with van der Waals surface area (Å²) in [6, 6.07) is 7.92. The second-order valence-electron chi connectivity index (χ2n) is 2.63. The average molecular weight is 185 g/mol. The first-order valence-corrected chi connectivity index (χ1v) is 4.28. The third-order valence-electron chi connectivity index (χ3n) is 1.84. The van der Waals surface area contributed by atoms with Gasteiger partial charge in [0.1, 0.15) is 0 Å². The molecule has 0 radical (unpaired) electrons. The molecule has 0 saturated carbocycles. The summed E-state index contributed by atoms with van der Waals surface area (Å²) in [6.07, 6.45) is 0. The Bertz CT molecular complexity index is 246. The van der Waals surface area contributed by atoms with E-state index in [0.717, 1.165) is 10.6 Å². The summed E-state index contributed by atoms with van der Waals surface area (Å²) >= 11 is 5.83. The average Bonchev–Trinajstić information content (AvgIpc) is 2.07. The summed E-state index contributed by atoms with van der Waals surface area (Å²) in [7, 11) is 1.89. The molecule has 0 heterocycles. The van der Waals surface area contributed by atoms with Crippen LogP contribution in [0.4, 0.5) is 0 Å². The predicted molar refractivity (Wildman–Crippen MR) is 52.3 cm³/mol. The van der Waals surface area contributed by atoms with E-state index in [1.807, 2.05) is 31.3 Å². The van der Waals surface area contributed by atoms with Gasteiger partial charge in [-0.3, -0.25) is 0 Å². The van der Waals surface area contributed by atoms with Gasteiger partial charge in [-0.1, -0.05) is 23.7 Å². The zero-order chi connectivity index (χ0) is 8.97.